The number of thioether (sulfide) groups is 1. The molecule has 0 bridgehead atoms. The molecule has 18 heavy (non-hydrogen) atoms. The molecule has 0 radical (unpaired) electrons. The van der Waals surface area contributed by atoms with Crippen LogP contribution in [0.2, 0.25) is 0 Å². The Morgan fingerprint density at radius 1 is 1.11 bits per heavy atom. The predicted molar refractivity (Wildman–Crippen MR) is 85.7 cm³/mol. The maximum absolute atomic E-state index is 4.60. The third-order valence-corrected chi connectivity index (χ3v) is 3.95. The Bertz CT molecular complexity index is 233. The van der Waals surface area contributed by atoms with Crippen LogP contribution in [0.3, 0.4) is 0 Å². The molecule has 0 aliphatic heterocycles. The van der Waals surface area contributed by atoms with Gasteiger partial charge in [-0.3, -0.25) is 4.99 Å². The minimum absolute atomic E-state index is 0.712. The van der Waals surface area contributed by atoms with E-state index in [1.807, 2.05) is 17.8 Å². The summed E-state index contributed by atoms with van der Waals surface area (Å²) in [6, 6.07) is 0. The zero-order valence-electron chi connectivity index (χ0n) is 12.5. The highest BCUT2D eigenvalue weighted by atomic mass is 32.2. The molecular formula is C14H29N3S. The SMILES string of the molecule is C=CCN=C(SCCN(CC)CC)N(CC)CC. The van der Waals surface area contributed by atoms with Gasteiger partial charge in [0.15, 0.2) is 5.17 Å². The molecule has 0 aromatic carbocycles. The monoisotopic (exact) mass is 271 g/mol. The Labute approximate surface area is 117 Å². The van der Waals surface area contributed by atoms with Crippen molar-refractivity contribution in [1.82, 2.24) is 9.80 Å². The van der Waals surface area contributed by atoms with Gasteiger partial charge in [0.25, 0.3) is 0 Å². The number of amidine groups is 1. The number of aliphatic imine (C=N–C) groups is 1. The Balaban J connectivity index is 4.28. The lowest BCUT2D eigenvalue weighted by Gasteiger charge is -2.23. The van der Waals surface area contributed by atoms with Crippen molar-refractivity contribution in [2.45, 2.75) is 27.7 Å². The predicted octanol–water partition coefficient (Wildman–Crippen LogP) is 2.95. The molecule has 0 saturated heterocycles. The van der Waals surface area contributed by atoms with Gasteiger partial charge in [0.2, 0.25) is 0 Å². The molecule has 0 unspecified atom stereocenters. The minimum atomic E-state index is 0.712. The molecule has 3 nitrogen and oxygen atoms in total. The quantitative estimate of drug-likeness (QED) is 0.365. The average molecular weight is 271 g/mol. The van der Waals surface area contributed by atoms with Crippen LogP contribution in [-0.4, -0.2) is 60.0 Å². The summed E-state index contributed by atoms with van der Waals surface area (Å²) >= 11 is 1.86. The Hall–Kier alpha value is -0.480. The van der Waals surface area contributed by atoms with Crippen molar-refractivity contribution in [1.29, 1.82) is 0 Å². The van der Waals surface area contributed by atoms with Gasteiger partial charge in [0.1, 0.15) is 0 Å². The van der Waals surface area contributed by atoms with Crippen LogP contribution in [0, 0.1) is 0 Å². The van der Waals surface area contributed by atoms with Crippen LogP contribution >= 0.6 is 11.8 Å². The fourth-order valence-corrected chi connectivity index (χ4v) is 2.82. The average Bonchev–Trinajstić information content (AvgIpc) is 2.41. The first-order chi connectivity index (χ1) is 8.73. The van der Waals surface area contributed by atoms with Gasteiger partial charge in [-0.05, 0) is 26.9 Å². The summed E-state index contributed by atoms with van der Waals surface area (Å²) < 4.78 is 0. The molecule has 0 saturated carbocycles. The summed E-state index contributed by atoms with van der Waals surface area (Å²) in [4.78, 5) is 9.36. The van der Waals surface area contributed by atoms with Crippen LogP contribution in [0.15, 0.2) is 17.6 Å². The van der Waals surface area contributed by atoms with Crippen LogP contribution < -0.4 is 0 Å². The zero-order chi connectivity index (χ0) is 13.8. The van der Waals surface area contributed by atoms with E-state index in [1.54, 1.807) is 0 Å². The largest absolute Gasteiger partial charge is 0.352 e. The molecular weight excluding hydrogens is 242 g/mol. The third kappa shape index (κ3) is 7.07. The molecule has 0 aromatic heterocycles. The van der Waals surface area contributed by atoms with Gasteiger partial charge >= 0.3 is 0 Å². The van der Waals surface area contributed by atoms with Gasteiger partial charge in [-0.2, -0.15) is 0 Å². The van der Waals surface area contributed by atoms with E-state index in [1.165, 1.54) is 0 Å². The van der Waals surface area contributed by atoms with Gasteiger partial charge in [-0.1, -0.05) is 31.7 Å². The summed E-state index contributed by atoms with van der Waals surface area (Å²) in [5.41, 5.74) is 0. The third-order valence-electron chi connectivity index (χ3n) is 2.92. The van der Waals surface area contributed by atoms with Crippen molar-refractivity contribution in [3.8, 4) is 0 Å². The van der Waals surface area contributed by atoms with Crippen molar-refractivity contribution in [2.24, 2.45) is 4.99 Å². The van der Waals surface area contributed by atoms with Crippen molar-refractivity contribution in [2.75, 3.05) is 45.0 Å². The van der Waals surface area contributed by atoms with Gasteiger partial charge < -0.3 is 9.80 Å². The second-order valence-corrected chi connectivity index (χ2v) is 5.02. The summed E-state index contributed by atoms with van der Waals surface area (Å²) in [5, 5.41) is 1.16. The first kappa shape index (κ1) is 17.5. The summed E-state index contributed by atoms with van der Waals surface area (Å²) in [5.74, 6) is 1.11. The molecule has 0 amide bonds. The van der Waals surface area contributed by atoms with Crippen LogP contribution in [0.4, 0.5) is 0 Å². The van der Waals surface area contributed by atoms with Crippen LogP contribution in [-0.2, 0) is 0 Å². The van der Waals surface area contributed by atoms with Crippen molar-refractivity contribution >= 4 is 16.9 Å². The summed E-state index contributed by atoms with van der Waals surface area (Å²) in [6.45, 7) is 18.7. The van der Waals surface area contributed by atoms with E-state index in [9.17, 15) is 0 Å². The normalized spacial score (nSPS) is 11.9. The van der Waals surface area contributed by atoms with E-state index in [2.05, 4.69) is 49.1 Å². The zero-order valence-corrected chi connectivity index (χ0v) is 13.3. The molecule has 106 valence electrons. The van der Waals surface area contributed by atoms with E-state index < -0.39 is 0 Å². The summed E-state index contributed by atoms with van der Waals surface area (Å²) in [7, 11) is 0. The summed E-state index contributed by atoms with van der Waals surface area (Å²) in [6.07, 6.45) is 1.86. The van der Waals surface area contributed by atoms with Gasteiger partial charge in [0.05, 0.1) is 6.54 Å². The maximum atomic E-state index is 4.60. The minimum Gasteiger partial charge on any atom is -0.352 e. The lowest BCUT2D eigenvalue weighted by atomic mass is 10.5. The van der Waals surface area contributed by atoms with E-state index in [0.29, 0.717) is 6.54 Å². The lowest BCUT2D eigenvalue weighted by Crippen LogP contribution is -2.31. The molecule has 0 N–H and O–H groups in total. The molecule has 0 aliphatic carbocycles. The van der Waals surface area contributed by atoms with Gasteiger partial charge in [-0.25, -0.2) is 0 Å². The smallest absolute Gasteiger partial charge is 0.159 e. The number of hydrogen-bond acceptors (Lipinski definition) is 3. The van der Waals surface area contributed by atoms with E-state index in [-0.39, 0.29) is 0 Å². The molecule has 0 spiro atoms. The highest BCUT2D eigenvalue weighted by Crippen LogP contribution is 2.10. The van der Waals surface area contributed by atoms with E-state index in [0.717, 1.165) is 43.6 Å². The Morgan fingerprint density at radius 3 is 2.17 bits per heavy atom. The Morgan fingerprint density at radius 2 is 1.72 bits per heavy atom. The molecule has 0 atom stereocenters. The number of rotatable bonds is 9. The number of hydrogen-bond donors (Lipinski definition) is 0. The van der Waals surface area contributed by atoms with Gasteiger partial charge in [0, 0.05) is 25.4 Å². The molecule has 4 heteroatoms. The van der Waals surface area contributed by atoms with Gasteiger partial charge in [-0.15, -0.1) is 6.58 Å². The molecule has 0 fully saturated rings. The van der Waals surface area contributed by atoms with E-state index >= 15 is 0 Å². The van der Waals surface area contributed by atoms with Crippen molar-refractivity contribution in [3.05, 3.63) is 12.7 Å². The second kappa shape index (κ2) is 11.6. The van der Waals surface area contributed by atoms with Crippen molar-refractivity contribution < 1.29 is 0 Å². The van der Waals surface area contributed by atoms with Crippen LogP contribution in [0.25, 0.3) is 0 Å². The lowest BCUT2D eigenvalue weighted by molar-refractivity contribution is 0.324. The van der Waals surface area contributed by atoms with Crippen molar-refractivity contribution in [3.63, 3.8) is 0 Å². The fraction of sp³-hybridized carbons (Fsp3) is 0.786. The highest BCUT2D eigenvalue weighted by molar-refractivity contribution is 8.13. The second-order valence-electron chi connectivity index (χ2n) is 3.96. The first-order valence-electron chi connectivity index (χ1n) is 6.98. The van der Waals surface area contributed by atoms with Crippen LogP contribution in [0.1, 0.15) is 27.7 Å². The molecule has 0 heterocycles. The van der Waals surface area contributed by atoms with E-state index in [4.69, 9.17) is 0 Å². The molecule has 0 aliphatic rings. The van der Waals surface area contributed by atoms with Crippen LogP contribution in [0.5, 0.6) is 0 Å². The Kier molecular flexibility index (Phi) is 11.3. The first-order valence-corrected chi connectivity index (χ1v) is 7.97. The standard InChI is InChI=1S/C14H29N3S/c1-6-11-15-14(17(9-4)10-5)18-13-12-16(7-2)8-3/h6H,1,7-13H2,2-5H3. The fourth-order valence-electron chi connectivity index (χ4n) is 1.68. The number of nitrogens with zero attached hydrogens (tertiary/aromatic N) is 3. The highest BCUT2D eigenvalue weighted by Gasteiger charge is 2.08. The molecule has 0 aromatic rings. The maximum Gasteiger partial charge on any atom is 0.159 e. The molecule has 0 rings (SSSR count). The topological polar surface area (TPSA) is 18.8 Å².